The molecule has 7 nitrogen and oxygen atoms in total. The van der Waals surface area contributed by atoms with E-state index in [9.17, 15) is 9.59 Å². The normalized spacial score (nSPS) is 14.2. The third-order valence-corrected chi connectivity index (χ3v) is 7.16. The van der Waals surface area contributed by atoms with Crippen LogP contribution in [0.2, 0.25) is 0 Å². The molecule has 1 unspecified atom stereocenters. The number of benzene rings is 4. The molecule has 4 aromatic rings. The first kappa shape index (κ1) is 26.8. The highest BCUT2D eigenvalue weighted by molar-refractivity contribution is 6.09. The summed E-state index contributed by atoms with van der Waals surface area (Å²) in [6.07, 6.45) is 0.650. The van der Waals surface area contributed by atoms with Crippen LogP contribution in [0.15, 0.2) is 91.0 Å². The Hall–Kier alpha value is -4.78. The number of rotatable bonds is 9. The molecule has 0 fully saturated rings. The summed E-state index contributed by atoms with van der Waals surface area (Å²) in [4.78, 5) is 28.6. The number of ether oxygens (including phenoxy) is 4. The van der Waals surface area contributed by atoms with Crippen LogP contribution < -0.4 is 18.9 Å². The minimum atomic E-state index is -0.397. The fourth-order valence-electron chi connectivity index (χ4n) is 5.04. The number of hydrogen-bond donors (Lipinski definition) is 0. The van der Waals surface area contributed by atoms with Gasteiger partial charge in [-0.3, -0.25) is 9.59 Å². The molecule has 0 N–H and O–H groups in total. The van der Waals surface area contributed by atoms with Crippen molar-refractivity contribution in [2.24, 2.45) is 0 Å². The molecular formula is C33H31NO6. The molecule has 4 aromatic carbocycles. The Morgan fingerprint density at radius 1 is 0.700 bits per heavy atom. The predicted octanol–water partition coefficient (Wildman–Crippen LogP) is 5.76. The van der Waals surface area contributed by atoms with Crippen LogP contribution in [-0.4, -0.2) is 51.1 Å². The van der Waals surface area contributed by atoms with Gasteiger partial charge in [0.1, 0.15) is 6.61 Å². The minimum Gasteiger partial charge on any atom is -0.493 e. The number of para-hydroxylation sites is 2. The molecule has 0 saturated carbocycles. The summed E-state index contributed by atoms with van der Waals surface area (Å²) in [7, 11) is 4.79. The fourth-order valence-corrected chi connectivity index (χ4v) is 5.04. The van der Waals surface area contributed by atoms with Gasteiger partial charge >= 0.3 is 0 Å². The molecule has 7 heteroatoms. The highest BCUT2D eigenvalue weighted by atomic mass is 16.5. The van der Waals surface area contributed by atoms with Gasteiger partial charge in [0.25, 0.3) is 5.91 Å². The zero-order chi connectivity index (χ0) is 28.1. The first-order valence-electron chi connectivity index (χ1n) is 13.1. The highest BCUT2D eigenvalue weighted by Gasteiger charge is 2.33. The second kappa shape index (κ2) is 11.9. The van der Waals surface area contributed by atoms with E-state index in [0.29, 0.717) is 52.7 Å². The van der Waals surface area contributed by atoms with E-state index in [0.717, 1.165) is 11.1 Å². The Morgan fingerprint density at radius 3 is 1.95 bits per heavy atom. The van der Waals surface area contributed by atoms with Gasteiger partial charge in [0.05, 0.1) is 27.4 Å². The summed E-state index contributed by atoms with van der Waals surface area (Å²) in [5.74, 6) is 2.20. The summed E-state index contributed by atoms with van der Waals surface area (Å²) < 4.78 is 22.8. The molecule has 0 radical (unpaired) electrons. The van der Waals surface area contributed by atoms with Gasteiger partial charge in [0.2, 0.25) is 0 Å². The van der Waals surface area contributed by atoms with E-state index < -0.39 is 6.04 Å². The van der Waals surface area contributed by atoms with Crippen molar-refractivity contribution in [3.05, 3.63) is 119 Å². The first-order chi connectivity index (χ1) is 19.5. The Kier molecular flexibility index (Phi) is 8.01. The van der Waals surface area contributed by atoms with Crippen molar-refractivity contribution in [2.45, 2.75) is 12.5 Å². The van der Waals surface area contributed by atoms with Crippen LogP contribution in [0.1, 0.15) is 43.4 Å². The molecular weight excluding hydrogens is 506 g/mol. The van der Waals surface area contributed by atoms with Crippen molar-refractivity contribution in [1.82, 2.24) is 4.90 Å². The van der Waals surface area contributed by atoms with Gasteiger partial charge in [-0.25, -0.2) is 0 Å². The summed E-state index contributed by atoms with van der Waals surface area (Å²) in [6, 6.07) is 26.8. The van der Waals surface area contributed by atoms with Crippen LogP contribution in [0.4, 0.5) is 0 Å². The predicted molar refractivity (Wildman–Crippen MR) is 152 cm³/mol. The Morgan fingerprint density at radius 2 is 1.27 bits per heavy atom. The molecule has 1 amide bonds. The molecule has 0 saturated heterocycles. The lowest BCUT2D eigenvalue weighted by Gasteiger charge is -2.37. The van der Waals surface area contributed by atoms with Crippen LogP contribution >= 0.6 is 0 Å². The van der Waals surface area contributed by atoms with E-state index in [1.54, 1.807) is 57.7 Å². The van der Waals surface area contributed by atoms with Crippen molar-refractivity contribution in [3.8, 4) is 23.0 Å². The standard InChI is InChI=1S/C33H31NO6/c1-37-28-11-7-8-12-29(28)40-21-27-26-20-31(39-3)30(38-2)19-25(26)17-18-34(27)33(36)24-15-13-23(14-16-24)32(35)22-9-5-4-6-10-22/h4-16,19-20,27H,17-18,21H2,1-3H3. The zero-order valence-electron chi connectivity index (χ0n) is 22.8. The van der Waals surface area contributed by atoms with Gasteiger partial charge in [-0.1, -0.05) is 54.6 Å². The summed E-state index contributed by atoms with van der Waals surface area (Å²) in [5, 5.41) is 0. The molecule has 40 heavy (non-hydrogen) atoms. The van der Waals surface area contributed by atoms with Crippen molar-refractivity contribution < 1.29 is 28.5 Å². The number of carbonyl (C=O) groups excluding carboxylic acids is 2. The third kappa shape index (κ3) is 5.36. The average molecular weight is 538 g/mol. The molecule has 0 aliphatic carbocycles. The zero-order valence-corrected chi connectivity index (χ0v) is 22.8. The molecule has 0 aromatic heterocycles. The number of methoxy groups -OCH3 is 3. The monoisotopic (exact) mass is 537 g/mol. The molecule has 5 rings (SSSR count). The largest absolute Gasteiger partial charge is 0.493 e. The number of ketones is 1. The number of amides is 1. The number of fused-ring (bicyclic) bond motifs is 1. The quantitative estimate of drug-likeness (QED) is 0.253. The SMILES string of the molecule is COc1cc2c(cc1OC)C(COc1ccccc1OC)N(C(=O)c1ccc(C(=O)c3ccccc3)cc1)CC2. The Bertz CT molecular complexity index is 1500. The van der Waals surface area contributed by atoms with Gasteiger partial charge in [-0.2, -0.15) is 0 Å². The molecule has 1 atom stereocenters. The van der Waals surface area contributed by atoms with Gasteiger partial charge in [-0.15, -0.1) is 0 Å². The average Bonchev–Trinajstić information content (AvgIpc) is 3.02. The molecule has 1 aliphatic heterocycles. The van der Waals surface area contributed by atoms with E-state index in [1.807, 2.05) is 59.5 Å². The smallest absolute Gasteiger partial charge is 0.254 e. The Labute approximate surface area is 233 Å². The summed E-state index contributed by atoms with van der Waals surface area (Å²) in [5.41, 5.74) is 3.63. The maximum absolute atomic E-state index is 13.9. The molecule has 0 bridgehead atoms. The lowest BCUT2D eigenvalue weighted by molar-refractivity contribution is 0.0587. The van der Waals surface area contributed by atoms with Crippen molar-refractivity contribution in [1.29, 1.82) is 0 Å². The third-order valence-electron chi connectivity index (χ3n) is 7.16. The van der Waals surface area contributed by atoms with E-state index in [4.69, 9.17) is 18.9 Å². The van der Waals surface area contributed by atoms with Gasteiger partial charge in [-0.05, 0) is 53.9 Å². The number of hydrogen-bond acceptors (Lipinski definition) is 6. The number of carbonyl (C=O) groups is 2. The van der Waals surface area contributed by atoms with Crippen LogP contribution in [0.5, 0.6) is 23.0 Å². The molecule has 204 valence electrons. The second-order valence-electron chi connectivity index (χ2n) is 9.40. The van der Waals surface area contributed by atoms with Crippen molar-refractivity contribution in [2.75, 3.05) is 34.5 Å². The topological polar surface area (TPSA) is 74.3 Å². The summed E-state index contributed by atoms with van der Waals surface area (Å²) in [6.45, 7) is 0.700. The van der Waals surface area contributed by atoms with Crippen molar-refractivity contribution >= 4 is 11.7 Å². The maximum atomic E-state index is 13.9. The fraction of sp³-hybridized carbons (Fsp3) is 0.212. The van der Waals surface area contributed by atoms with E-state index >= 15 is 0 Å². The maximum Gasteiger partial charge on any atom is 0.254 e. The van der Waals surface area contributed by atoms with Crippen LogP contribution in [0.3, 0.4) is 0 Å². The minimum absolute atomic E-state index is 0.0874. The van der Waals surface area contributed by atoms with Crippen LogP contribution in [0.25, 0.3) is 0 Å². The second-order valence-corrected chi connectivity index (χ2v) is 9.40. The lowest BCUT2D eigenvalue weighted by Crippen LogP contribution is -2.42. The van der Waals surface area contributed by atoms with Crippen LogP contribution in [0, 0.1) is 0 Å². The lowest BCUT2D eigenvalue weighted by atomic mass is 9.91. The summed E-state index contributed by atoms with van der Waals surface area (Å²) >= 11 is 0. The molecule has 0 spiro atoms. The van der Waals surface area contributed by atoms with Gasteiger partial charge in [0.15, 0.2) is 28.8 Å². The van der Waals surface area contributed by atoms with E-state index in [2.05, 4.69) is 0 Å². The van der Waals surface area contributed by atoms with Gasteiger partial charge < -0.3 is 23.8 Å². The number of nitrogens with zero attached hydrogens (tertiary/aromatic N) is 1. The Balaban J connectivity index is 1.45. The van der Waals surface area contributed by atoms with Crippen LogP contribution in [-0.2, 0) is 6.42 Å². The molecule has 1 aliphatic rings. The first-order valence-corrected chi connectivity index (χ1v) is 13.1. The van der Waals surface area contributed by atoms with E-state index in [-0.39, 0.29) is 18.3 Å². The van der Waals surface area contributed by atoms with Gasteiger partial charge in [0, 0.05) is 23.2 Å². The van der Waals surface area contributed by atoms with Crippen molar-refractivity contribution in [3.63, 3.8) is 0 Å². The molecule has 1 heterocycles. The highest BCUT2D eigenvalue weighted by Crippen LogP contribution is 2.39. The van der Waals surface area contributed by atoms with E-state index in [1.165, 1.54) is 0 Å².